The van der Waals surface area contributed by atoms with Gasteiger partial charge >= 0.3 is 0 Å². The largest absolute Gasteiger partial charge is 0.311 e. The summed E-state index contributed by atoms with van der Waals surface area (Å²) in [6.07, 6.45) is 17.5. The van der Waals surface area contributed by atoms with E-state index in [1.807, 2.05) is 0 Å². The lowest BCUT2D eigenvalue weighted by Gasteiger charge is -2.35. The maximum absolute atomic E-state index is 3.92. The van der Waals surface area contributed by atoms with Crippen molar-refractivity contribution in [3.8, 4) is 0 Å². The third-order valence-electron chi connectivity index (χ3n) is 4.70. The van der Waals surface area contributed by atoms with Gasteiger partial charge in [0.15, 0.2) is 0 Å². The van der Waals surface area contributed by atoms with Gasteiger partial charge in [0.05, 0.1) is 0 Å². The van der Waals surface area contributed by atoms with E-state index in [2.05, 4.69) is 12.2 Å². The number of nitrogens with one attached hydrogen (secondary N) is 1. The molecule has 0 aliphatic carbocycles. The van der Waals surface area contributed by atoms with Crippen LogP contribution in [0.5, 0.6) is 0 Å². The second kappa shape index (κ2) is 7.41. The molecule has 2 atom stereocenters. The van der Waals surface area contributed by atoms with Gasteiger partial charge in [-0.3, -0.25) is 0 Å². The van der Waals surface area contributed by atoms with Crippen molar-refractivity contribution in [1.82, 2.24) is 5.32 Å². The second-order valence-electron chi connectivity index (χ2n) is 6.54. The molecule has 1 nitrogen and oxygen atoms in total. The van der Waals surface area contributed by atoms with Crippen LogP contribution in [0.3, 0.4) is 0 Å². The van der Waals surface area contributed by atoms with Gasteiger partial charge in [0.25, 0.3) is 0 Å². The van der Waals surface area contributed by atoms with Crippen molar-refractivity contribution in [2.45, 2.75) is 96.1 Å². The molecule has 2 unspecified atom stereocenters. The van der Waals surface area contributed by atoms with Crippen LogP contribution in [0.15, 0.2) is 0 Å². The third kappa shape index (κ3) is 4.99. The quantitative estimate of drug-likeness (QED) is 0.646. The highest BCUT2D eigenvalue weighted by atomic mass is 15.0. The van der Waals surface area contributed by atoms with Gasteiger partial charge in [-0.05, 0) is 31.6 Å². The summed E-state index contributed by atoms with van der Waals surface area (Å²) in [6.45, 7) is 2.46. The van der Waals surface area contributed by atoms with Crippen molar-refractivity contribution >= 4 is 0 Å². The lowest BCUT2D eigenvalue weighted by atomic mass is 9.85. The number of fused-ring (bicyclic) bond motifs is 2. The zero-order valence-corrected chi connectivity index (χ0v) is 11.7. The fourth-order valence-electron chi connectivity index (χ4n) is 3.78. The van der Waals surface area contributed by atoms with Crippen LogP contribution < -0.4 is 5.32 Å². The molecule has 2 bridgehead atoms. The van der Waals surface area contributed by atoms with E-state index < -0.39 is 0 Å². The Bertz CT molecular complexity index is 182. The van der Waals surface area contributed by atoms with Crippen molar-refractivity contribution in [2.75, 3.05) is 0 Å². The standard InChI is InChI=1S/C16H31N/c1-14-12-15-10-8-6-4-2-3-5-7-9-11-16(13-14)17-15/h14-17H,2-13H2,1H3. The van der Waals surface area contributed by atoms with Gasteiger partial charge in [-0.2, -0.15) is 0 Å². The number of hydrogen-bond donors (Lipinski definition) is 1. The average Bonchev–Trinajstić information content (AvgIpc) is 2.31. The van der Waals surface area contributed by atoms with Crippen molar-refractivity contribution in [1.29, 1.82) is 0 Å². The molecule has 0 aromatic rings. The minimum atomic E-state index is 0.838. The maximum atomic E-state index is 3.92. The summed E-state index contributed by atoms with van der Waals surface area (Å²) in [5.41, 5.74) is 0. The average molecular weight is 237 g/mol. The van der Waals surface area contributed by atoms with Crippen LogP contribution in [0.1, 0.15) is 84.0 Å². The fourth-order valence-corrected chi connectivity index (χ4v) is 3.78. The molecule has 0 amide bonds. The molecule has 0 radical (unpaired) electrons. The predicted octanol–water partition coefficient (Wildman–Crippen LogP) is 4.66. The van der Waals surface area contributed by atoms with E-state index in [0.29, 0.717) is 0 Å². The lowest BCUT2D eigenvalue weighted by molar-refractivity contribution is 0.232. The van der Waals surface area contributed by atoms with E-state index in [1.54, 1.807) is 0 Å². The van der Waals surface area contributed by atoms with E-state index >= 15 is 0 Å². The van der Waals surface area contributed by atoms with Gasteiger partial charge in [0, 0.05) is 12.1 Å². The first kappa shape index (κ1) is 13.4. The molecule has 0 aromatic carbocycles. The molecule has 2 heterocycles. The zero-order chi connectivity index (χ0) is 11.9. The van der Waals surface area contributed by atoms with Crippen LogP contribution in [0.2, 0.25) is 0 Å². The van der Waals surface area contributed by atoms with Crippen LogP contribution >= 0.6 is 0 Å². The molecule has 17 heavy (non-hydrogen) atoms. The highest BCUT2D eigenvalue weighted by Gasteiger charge is 2.24. The molecule has 2 aliphatic heterocycles. The first-order valence-corrected chi connectivity index (χ1v) is 8.10. The number of piperidine rings is 1. The first-order valence-electron chi connectivity index (χ1n) is 8.10. The number of rotatable bonds is 0. The van der Waals surface area contributed by atoms with Crippen LogP contribution in [0.4, 0.5) is 0 Å². The molecule has 0 saturated carbocycles. The molecule has 2 aliphatic rings. The van der Waals surface area contributed by atoms with Crippen LogP contribution in [0, 0.1) is 5.92 Å². The summed E-state index contributed by atoms with van der Waals surface area (Å²) >= 11 is 0. The second-order valence-corrected chi connectivity index (χ2v) is 6.54. The van der Waals surface area contributed by atoms with Crippen LogP contribution in [-0.2, 0) is 0 Å². The van der Waals surface area contributed by atoms with Gasteiger partial charge in [-0.1, -0.05) is 58.3 Å². The Kier molecular flexibility index (Phi) is 5.84. The molecule has 2 saturated heterocycles. The minimum absolute atomic E-state index is 0.838. The molecule has 1 heteroatoms. The van der Waals surface area contributed by atoms with Crippen LogP contribution in [-0.4, -0.2) is 12.1 Å². The number of hydrogen-bond acceptors (Lipinski definition) is 1. The van der Waals surface area contributed by atoms with Crippen molar-refractivity contribution < 1.29 is 0 Å². The molecular formula is C16H31N. The van der Waals surface area contributed by atoms with Gasteiger partial charge in [0.2, 0.25) is 0 Å². The Balaban J connectivity index is 1.82. The Hall–Kier alpha value is -0.0400. The van der Waals surface area contributed by atoms with E-state index in [1.165, 1.54) is 77.0 Å². The summed E-state index contributed by atoms with van der Waals surface area (Å²) in [4.78, 5) is 0. The maximum Gasteiger partial charge on any atom is 0.00722 e. The molecule has 100 valence electrons. The highest BCUT2D eigenvalue weighted by Crippen LogP contribution is 2.26. The predicted molar refractivity (Wildman–Crippen MR) is 75.3 cm³/mol. The van der Waals surface area contributed by atoms with Gasteiger partial charge < -0.3 is 5.32 Å². The first-order chi connectivity index (χ1) is 8.34. The fraction of sp³-hybridized carbons (Fsp3) is 1.00. The molecular weight excluding hydrogens is 206 g/mol. The Labute approximate surface area is 108 Å². The van der Waals surface area contributed by atoms with E-state index in [-0.39, 0.29) is 0 Å². The van der Waals surface area contributed by atoms with E-state index in [0.717, 1.165) is 18.0 Å². The van der Waals surface area contributed by atoms with Gasteiger partial charge in [-0.25, -0.2) is 0 Å². The topological polar surface area (TPSA) is 12.0 Å². The van der Waals surface area contributed by atoms with Gasteiger partial charge in [0.1, 0.15) is 0 Å². The molecule has 2 fully saturated rings. The van der Waals surface area contributed by atoms with Crippen LogP contribution in [0.25, 0.3) is 0 Å². The molecule has 1 N–H and O–H groups in total. The third-order valence-corrected chi connectivity index (χ3v) is 4.70. The highest BCUT2D eigenvalue weighted by molar-refractivity contribution is 4.83. The summed E-state index contributed by atoms with van der Waals surface area (Å²) in [7, 11) is 0. The van der Waals surface area contributed by atoms with Gasteiger partial charge in [-0.15, -0.1) is 0 Å². The summed E-state index contributed by atoms with van der Waals surface area (Å²) in [6, 6.07) is 1.68. The Morgan fingerprint density at radius 2 is 1.06 bits per heavy atom. The Morgan fingerprint density at radius 1 is 0.647 bits per heavy atom. The zero-order valence-electron chi connectivity index (χ0n) is 11.7. The van der Waals surface area contributed by atoms with Crippen molar-refractivity contribution in [2.24, 2.45) is 5.92 Å². The molecule has 0 spiro atoms. The SMILES string of the molecule is CC1CC2CCCCCCCCCCC(C1)N2. The van der Waals surface area contributed by atoms with E-state index in [9.17, 15) is 0 Å². The summed E-state index contributed by atoms with van der Waals surface area (Å²) in [5, 5.41) is 3.92. The molecule has 0 aromatic heterocycles. The monoisotopic (exact) mass is 237 g/mol. The van der Waals surface area contributed by atoms with Crippen molar-refractivity contribution in [3.05, 3.63) is 0 Å². The summed E-state index contributed by atoms with van der Waals surface area (Å²) in [5.74, 6) is 0.955. The smallest absolute Gasteiger partial charge is 0.00722 e. The Morgan fingerprint density at radius 3 is 1.53 bits per heavy atom. The van der Waals surface area contributed by atoms with E-state index in [4.69, 9.17) is 0 Å². The normalized spacial score (nSPS) is 37.6. The minimum Gasteiger partial charge on any atom is -0.311 e. The summed E-state index contributed by atoms with van der Waals surface area (Å²) < 4.78 is 0. The lowest BCUT2D eigenvalue weighted by Crippen LogP contribution is -2.44. The molecule has 2 rings (SSSR count). The van der Waals surface area contributed by atoms with Crippen molar-refractivity contribution in [3.63, 3.8) is 0 Å².